The van der Waals surface area contributed by atoms with Gasteiger partial charge in [-0.05, 0) is 55.4 Å². The first-order valence-electron chi connectivity index (χ1n) is 4.60. The maximum atomic E-state index is 5.70. The van der Waals surface area contributed by atoms with Crippen LogP contribution >= 0.6 is 12.4 Å². The van der Waals surface area contributed by atoms with Gasteiger partial charge in [0.1, 0.15) is 0 Å². The van der Waals surface area contributed by atoms with Gasteiger partial charge in [0.05, 0.1) is 0 Å². The molecule has 0 aliphatic heterocycles. The Morgan fingerprint density at radius 3 is 2.36 bits per heavy atom. The number of hydrogen-bond donors (Lipinski definition) is 1. The van der Waals surface area contributed by atoms with Crippen LogP contribution in [0.1, 0.15) is 19.3 Å². The highest BCUT2D eigenvalue weighted by molar-refractivity contribution is 5.85. The lowest BCUT2D eigenvalue weighted by Crippen LogP contribution is -2.21. The summed E-state index contributed by atoms with van der Waals surface area (Å²) in [6, 6.07) is 0. The van der Waals surface area contributed by atoms with Crippen molar-refractivity contribution in [2.24, 2.45) is 35.3 Å². The van der Waals surface area contributed by atoms with Gasteiger partial charge in [-0.2, -0.15) is 0 Å². The summed E-state index contributed by atoms with van der Waals surface area (Å²) in [6.07, 6.45) is 4.57. The van der Waals surface area contributed by atoms with Gasteiger partial charge in [0, 0.05) is 0 Å². The molecule has 2 N–H and O–H groups in total. The van der Waals surface area contributed by atoms with E-state index in [-0.39, 0.29) is 12.4 Å². The smallest absolute Gasteiger partial charge is 0.00460 e. The maximum Gasteiger partial charge on any atom is -0.00460 e. The quantitative estimate of drug-likeness (QED) is 0.642. The highest BCUT2D eigenvalue weighted by Crippen LogP contribution is 2.67. The van der Waals surface area contributed by atoms with Gasteiger partial charge in [-0.15, -0.1) is 12.4 Å². The van der Waals surface area contributed by atoms with E-state index >= 15 is 0 Å². The zero-order valence-corrected chi connectivity index (χ0v) is 7.52. The summed E-state index contributed by atoms with van der Waals surface area (Å²) < 4.78 is 0. The third kappa shape index (κ3) is 0.874. The van der Waals surface area contributed by atoms with Crippen LogP contribution in [-0.4, -0.2) is 6.54 Å². The number of halogens is 1. The van der Waals surface area contributed by atoms with Gasteiger partial charge in [-0.25, -0.2) is 0 Å². The molecule has 2 heteroatoms. The summed E-state index contributed by atoms with van der Waals surface area (Å²) in [5.74, 6) is 5.43. The molecule has 3 aliphatic carbocycles. The Bertz CT molecular complexity index is 171. The summed E-state index contributed by atoms with van der Waals surface area (Å²) in [7, 11) is 0. The lowest BCUT2D eigenvalue weighted by atomic mass is 9.89. The van der Waals surface area contributed by atoms with Crippen LogP contribution in [0.2, 0.25) is 0 Å². The van der Waals surface area contributed by atoms with Gasteiger partial charge in [0.2, 0.25) is 0 Å². The van der Waals surface area contributed by atoms with Gasteiger partial charge < -0.3 is 5.73 Å². The molecule has 3 saturated carbocycles. The second-order valence-electron chi connectivity index (χ2n) is 4.45. The second kappa shape index (κ2) is 2.37. The topological polar surface area (TPSA) is 26.0 Å². The molecule has 5 atom stereocenters. The minimum atomic E-state index is 0. The normalized spacial score (nSPS) is 57.0. The van der Waals surface area contributed by atoms with Crippen LogP contribution < -0.4 is 5.73 Å². The molecule has 0 aromatic rings. The molecule has 0 heterocycles. The second-order valence-corrected chi connectivity index (χ2v) is 4.45. The zero-order chi connectivity index (χ0) is 6.72. The molecule has 0 saturated heterocycles. The summed E-state index contributed by atoms with van der Waals surface area (Å²) in [6.45, 7) is 0.963. The molecular formula is C9H16ClN. The molecule has 0 aromatic heterocycles. The van der Waals surface area contributed by atoms with Gasteiger partial charge in [-0.3, -0.25) is 0 Å². The van der Waals surface area contributed by atoms with Gasteiger partial charge in [0.25, 0.3) is 0 Å². The number of rotatable bonds is 1. The average molecular weight is 174 g/mol. The van der Waals surface area contributed by atoms with E-state index in [1.165, 1.54) is 18.8 Å². The van der Waals surface area contributed by atoms with Crippen molar-refractivity contribution in [3.63, 3.8) is 0 Å². The SMILES string of the molecule is Cl.NCC1CC2CC1C1CC21. The van der Waals surface area contributed by atoms with Crippen molar-refractivity contribution in [2.75, 3.05) is 6.54 Å². The Morgan fingerprint density at radius 2 is 1.82 bits per heavy atom. The van der Waals surface area contributed by atoms with Crippen molar-refractivity contribution in [1.29, 1.82) is 0 Å². The van der Waals surface area contributed by atoms with Crippen LogP contribution in [0.15, 0.2) is 0 Å². The Labute approximate surface area is 74.1 Å². The summed E-state index contributed by atoms with van der Waals surface area (Å²) >= 11 is 0. The van der Waals surface area contributed by atoms with Crippen molar-refractivity contribution >= 4 is 12.4 Å². The number of hydrogen-bond acceptors (Lipinski definition) is 1. The molecule has 3 aliphatic rings. The molecule has 64 valence electrons. The molecular weight excluding hydrogens is 158 g/mol. The minimum absolute atomic E-state index is 0. The van der Waals surface area contributed by atoms with Crippen molar-refractivity contribution in [3.8, 4) is 0 Å². The summed E-state index contributed by atoms with van der Waals surface area (Å²) in [5, 5.41) is 0. The first-order valence-corrected chi connectivity index (χ1v) is 4.60. The molecule has 0 amide bonds. The van der Waals surface area contributed by atoms with E-state index < -0.39 is 0 Å². The average Bonchev–Trinajstić information content (AvgIpc) is 2.58. The van der Waals surface area contributed by atoms with Crippen LogP contribution in [0.3, 0.4) is 0 Å². The number of nitrogens with two attached hydrogens (primary N) is 1. The fourth-order valence-corrected chi connectivity index (χ4v) is 3.62. The van der Waals surface area contributed by atoms with E-state index in [0.29, 0.717) is 0 Å². The van der Waals surface area contributed by atoms with E-state index in [4.69, 9.17) is 5.73 Å². The summed E-state index contributed by atoms with van der Waals surface area (Å²) in [5.41, 5.74) is 5.70. The van der Waals surface area contributed by atoms with E-state index in [2.05, 4.69) is 0 Å². The van der Waals surface area contributed by atoms with Crippen LogP contribution in [0, 0.1) is 29.6 Å². The molecule has 1 nitrogen and oxygen atoms in total. The van der Waals surface area contributed by atoms with Gasteiger partial charge >= 0.3 is 0 Å². The molecule has 3 rings (SSSR count). The third-order valence-electron chi connectivity index (χ3n) is 4.14. The Morgan fingerprint density at radius 1 is 1.00 bits per heavy atom. The fourth-order valence-electron chi connectivity index (χ4n) is 3.62. The highest BCUT2D eigenvalue weighted by Gasteiger charge is 2.60. The maximum absolute atomic E-state index is 5.70. The van der Waals surface area contributed by atoms with E-state index in [1.807, 2.05) is 0 Å². The number of fused-ring (bicyclic) bond motifs is 5. The van der Waals surface area contributed by atoms with Crippen molar-refractivity contribution in [2.45, 2.75) is 19.3 Å². The monoisotopic (exact) mass is 173 g/mol. The molecule has 11 heavy (non-hydrogen) atoms. The predicted molar refractivity (Wildman–Crippen MR) is 47.6 cm³/mol. The predicted octanol–water partition coefficient (Wildman–Crippen LogP) is 1.66. The molecule has 0 spiro atoms. The molecule has 3 fully saturated rings. The minimum Gasteiger partial charge on any atom is -0.330 e. The van der Waals surface area contributed by atoms with Crippen molar-refractivity contribution in [3.05, 3.63) is 0 Å². The molecule has 0 aromatic carbocycles. The van der Waals surface area contributed by atoms with Crippen LogP contribution in [-0.2, 0) is 0 Å². The van der Waals surface area contributed by atoms with Gasteiger partial charge in [0.15, 0.2) is 0 Å². The van der Waals surface area contributed by atoms with E-state index in [0.717, 1.165) is 30.2 Å². The first-order chi connectivity index (χ1) is 4.90. The molecule has 0 radical (unpaired) electrons. The standard InChI is InChI=1S/C9H15N.ClH/c10-4-6-1-5-2-7(6)9-3-8(5)9;/h5-9H,1-4,10H2;1H. The summed E-state index contributed by atoms with van der Waals surface area (Å²) in [4.78, 5) is 0. The van der Waals surface area contributed by atoms with Crippen molar-refractivity contribution < 1.29 is 0 Å². The van der Waals surface area contributed by atoms with Crippen LogP contribution in [0.25, 0.3) is 0 Å². The molecule has 2 bridgehead atoms. The van der Waals surface area contributed by atoms with Crippen LogP contribution in [0.5, 0.6) is 0 Å². The van der Waals surface area contributed by atoms with Crippen LogP contribution in [0.4, 0.5) is 0 Å². The highest BCUT2D eigenvalue weighted by atomic mass is 35.5. The van der Waals surface area contributed by atoms with Crippen molar-refractivity contribution in [1.82, 2.24) is 0 Å². The van der Waals surface area contributed by atoms with E-state index in [9.17, 15) is 0 Å². The Balaban J connectivity index is 0.000000480. The zero-order valence-electron chi connectivity index (χ0n) is 6.70. The lowest BCUT2D eigenvalue weighted by Gasteiger charge is -2.18. The van der Waals surface area contributed by atoms with E-state index in [1.54, 1.807) is 6.42 Å². The van der Waals surface area contributed by atoms with Gasteiger partial charge in [-0.1, -0.05) is 0 Å². The largest absolute Gasteiger partial charge is 0.330 e. The lowest BCUT2D eigenvalue weighted by molar-refractivity contribution is 0.324. The first kappa shape index (κ1) is 7.88. The fraction of sp³-hybridized carbons (Fsp3) is 1.00. The third-order valence-corrected chi connectivity index (χ3v) is 4.14. The Hall–Kier alpha value is 0.250. The Kier molecular flexibility index (Phi) is 1.69. The molecule has 5 unspecified atom stereocenters.